The van der Waals surface area contributed by atoms with Crippen molar-refractivity contribution in [3.8, 4) is 0 Å². The van der Waals surface area contributed by atoms with Crippen molar-refractivity contribution in [1.29, 1.82) is 0 Å². The van der Waals surface area contributed by atoms with Gasteiger partial charge < -0.3 is 0 Å². The Morgan fingerprint density at radius 2 is 1.69 bits per heavy atom. The van der Waals surface area contributed by atoms with Gasteiger partial charge in [0.15, 0.2) is 5.82 Å². The quantitative estimate of drug-likeness (QED) is 0.543. The van der Waals surface area contributed by atoms with Gasteiger partial charge in [-0.25, -0.2) is 0 Å². The van der Waals surface area contributed by atoms with Crippen molar-refractivity contribution in [2.75, 3.05) is 0 Å². The normalized spacial score (nSPS) is 12.5. The van der Waals surface area contributed by atoms with E-state index in [0.717, 1.165) is 11.1 Å². The molecule has 0 aliphatic carbocycles. The Morgan fingerprint density at radius 3 is 2.38 bits per heavy atom. The molecule has 4 nitrogen and oxygen atoms in total. The van der Waals surface area contributed by atoms with Gasteiger partial charge in [0, 0.05) is 5.02 Å². The Hall–Kier alpha value is -2.76. The molecule has 0 spiro atoms. The number of thiazole rings is 1. The fourth-order valence-electron chi connectivity index (χ4n) is 2.48. The molecule has 0 saturated heterocycles. The van der Waals surface area contributed by atoms with Gasteiger partial charge >= 0.3 is 0 Å². The molecule has 0 N–H and O–H groups in total. The van der Waals surface area contributed by atoms with E-state index in [0.29, 0.717) is 20.3 Å². The van der Waals surface area contributed by atoms with Gasteiger partial charge in [-0.2, -0.15) is 9.50 Å². The van der Waals surface area contributed by atoms with Crippen LogP contribution in [0.15, 0.2) is 53.3 Å². The van der Waals surface area contributed by atoms with Crippen molar-refractivity contribution in [3.05, 3.63) is 91.0 Å². The molecule has 2 heterocycles. The van der Waals surface area contributed by atoms with E-state index in [2.05, 4.69) is 10.1 Å². The maximum atomic E-state index is 12.5. The Bertz CT molecular complexity index is 1210. The van der Waals surface area contributed by atoms with Crippen LogP contribution in [0.25, 0.3) is 23.2 Å². The van der Waals surface area contributed by atoms with E-state index in [-0.39, 0.29) is 5.56 Å². The summed E-state index contributed by atoms with van der Waals surface area (Å²) in [6.07, 6.45) is 5.54. The summed E-state index contributed by atoms with van der Waals surface area (Å²) in [4.78, 5) is 17.5. The molecule has 0 amide bonds. The lowest BCUT2D eigenvalue weighted by Crippen LogP contribution is -2.23. The third-order valence-corrected chi connectivity index (χ3v) is 5.08. The SMILES string of the molecule is Cc1ccc(C=c2sc3nc(C=Cc4ccc(Cl)cc4)nn3c2=O)cc1. The first-order chi connectivity index (χ1) is 12.6. The molecule has 0 radical (unpaired) electrons. The number of benzene rings is 2. The second-order valence-electron chi connectivity index (χ2n) is 5.88. The molecule has 0 aliphatic rings. The lowest BCUT2D eigenvalue weighted by atomic mass is 10.1. The van der Waals surface area contributed by atoms with Gasteiger partial charge in [0.2, 0.25) is 4.96 Å². The fourth-order valence-corrected chi connectivity index (χ4v) is 3.52. The monoisotopic (exact) mass is 379 g/mol. The molecule has 26 heavy (non-hydrogen) atoms. The molecule has 6 heteroatoms. The largest absolute Gasteiger partial charge is 0.291 e. The van der Waals surface area contributed by atoms with E-state index in [1.165, 1.54) is 21.4 Å². The topological polar surface area (TPSA) is 47.3 Å². The summed E-state index contributed by atoms with van der Waals surface area (Å²) in [6, 6.07) is 15.5. The molecule has 0 aliphatic heterocycles. The maximum Gasteiger partial charge on any atom is 0.291 e. The lowest BCUT2D eigenvalue weighted by molar-refractivity contribution is 0.925. The van der Waals surface area contributed by atoms with Gasteiger partial charge in [0.25, 0.3) is 5.56 Å². The average molecular weight is 380 g/mol. The van der Waals surface area contributed by atoms with Gasteiger partial charge in [0.05, 0.1) is 4.53 Å². The number of rotatable bonds is 3. The predicted molar refractivity (Wildman–Crippen MR) is 107 cm³/mol. The molecule has 0 atom stereocenters. The van der Waals surface area contributed by atoms with Crippen LogP contribution < -0.4 is 10.1 Å². The highest BCUT2D eigenvalue weighted by Gasteiger charge is 2.08. The number of aromatic nitrogens is 3. The number of hydrogen-bond donors (Lipinski definition) is 0. The van der Waals surface area contributed by atoms with Gasteiger partial charge in [-0.3, -0.25) is 4.79 Å². The van der Waals surface area contributed by atoms with Crippen LogP contribution in [0.2, 0.25) is 5.02 Å². The van der Waals surface area contributed by atoms with Crippen molar-refractivity contribution in [2.45, 2.75) is 6.92 Å². The summed E-state index contributed by atoms with van der Waals surface area (Å²) >= 11 is 7.21. The van der Waals surface area contributed by atoms with Crippen LogP contribution in [-0.2, 0) is 0 Å². The van der Waals surface area contributed by atoms with Crippen LogP contribution in [0.3, 0.4) is 0 Å². The van der Waals surface area contributed by atoms with E-state index >= 15 is 0 Å². The highest BCUT2D eigenvalue weighted by Crippen LogP contribution is 2.12. The Balaban J connectivity index is 1.66. The Labute approximate surface area is 158 Å². The van der Waals surface area contributed by atoms with Gasteiger partial charge in [-0.15, -0.1) is 5.10 Å². The molecule has 2 aromatic carbocycles. The molecular formula is C20H14ClN3OS. The lowest BCUT2D eigenvalue weighted by Gasteiger charge is -1.92. The number of aryl methyl sites for hydroxylation is 1. The number of halogens is 1. The van der Waals surface area contributed by atoms with Crippen molar-refractivity contribution >= 4 is 46.1 Å². The molecule has 0 fully saturated rings. The van der Waals surface area contributed by atoms with Crippen LogP contribution in [0.1, 0.15) is 22.5 Å². The molecule has 2 aromatic heterocycles. The fraction of sp³-hybridized carbons (Fsp3) is 0.0500. The minimum absolute atomic E-state index is 0.149. The summed E-state index contributed by atoms with van der Waals surface area (Å²) in [5.41, 5.74) is 3.01. The van der Waals surface area contributed by atoms with Crippen LogP contribution in [0.5, 0.6) is 0 Å². The first kappa shape index (κ1) is 16.7. The smallest absolute Gasteiger partial charge is 0.266 e. The van der Waals surface area contributed by atoms with Crippen molar-refractivity contribution < 1.29 is 0 Å². The average Bonchev–Trinajstić information content (AvgIpc) is 3.16. The first-order valence-corrected chi connectivity index (χ1v) is 9.19. The van der Waals surface area contributed by atoms with Crippen LogP contribution in [0.4, 0.5) is 0 Å². The highest BCUT2D eigenvalue weighted by atomic mass is 35.5. The molecule has 0 bridgehead atoms. The minimum Gasteiger partial charge on any atom is -0.266 e. The predicted octanol–water partition coefficient (Wildman–Crippen LogP) is 3.83. The summed E-state index contributed by atoms with van der Waals surface area (Å²) in [5.74, 6) is 0.505. The van der Waals surface area contributed by atoms with E-state index in [9.17, 15) is 4.79 Å². The van der Waals surface area contributed by atoms with E-state index in [1.54, 1.807) is 6.08 Å². The summed E-state index contributed by atoms with van der Waals surface area (Å²) in [6.45, 7) is 2.03. The van der Waals surface area contributed by atoms with Crippen molar-refractivity contribution in [3.63, 3.8) is 0 Å². The molecular weight excluding hydrogens is 366 g/mol. The van der Waals surface area contributed by atoms with Crippen molar-refractivity contribution in [2.24, 2.45) is 0 Å². The zero-order valence-electron chi connectivity index (χ0n) is 13.9. The van der Waals surface area contributed by atoms with Gasteiger partial charge in [-0.05, 0) is 42.3 Å². The summed E-state index contributed by atoms with van der Waals surface area (Å²) in [7, 11) is 0. The maximum absolute atomic E-state index is 12.5. The van der Waals surface area contributed by atoms with Gasteiger partial charge in [0.1, 0.15) is 0 Å². The zero-order chi connectivity index (χ0) is 18.1. The van der Waals surface area contributed by atoms with Crippen LogP contribution in [0, 0.1) is 6.92 Å². The second kappa shape index (κ2) is 6.86. The second-order valence-corrected chi connectivity index (χ2v) is 7.32. The van der Waals surface area contributed by atoms with E-state index in [1.807, 2.05) is 67.6 Å². The standard InChI is InChI=1S/C20H14ClN3OS/c1-13-2-4-15(5-3-13)12-17-19(25)24-20(26-17)22-18(23-24)11-8-14-6-9-16(21)10-7-14/h2-12H,1H3. The molecule has 4 rings (SSSR count). The molecule has 0 unspecified atom stereocenters. The molecule has 4 aromatic rings. The van der Waals surface area contributed by atoms with Crippen LogP contribution >= 0.6 is 22.9 Å². The molecule has 128 valence electrons. The van der Waals surface area contributed by atoms with Crippen molar-refractivity contribution in [1.82, 2.24) is 14.6 Å². The highest BCUT2D eigenvalue weighted by molar-refractivity contribution is 7.15. The number of hydrogen-bond acceptors (Lipinski definition) is 4. The minimum atomic E-state index is -0.149. The van der Waals surface area contributed by atoms with E-state index in [4.69, 9.17) is 11.6 Å². The third kappa shape index (κ3) is 3.45. The van der Waals surface area contributed by atoms with Gasteiger partial charge in [-0.1, -0.05) is 71.0 Å². The molecule has 0 saturated carbocycles. The number of fused-ring (bicyclic) bond motifs is 1. The number of nitrogens with zero attached hydrogens (tertiary/aromatic N) is 3. The summed E-state index contributed by atoms with van der Waals surface area (Å²) < 4.78 is 1.98. The van der Waals surface area contributed by atoms with E-state index < -0.39 is 0 Å². The first-order valence-electron chi connectivity index (χ1n) is 8.00. The zero-order valence-corrected chi connectivity index (χ0v) is 15.5. The Morgan fingerprint density at radius 1 is 1.00 bits per heavy atom. The Kier molecular flexibility index (Phi) is 4.41. The van der Waals surface area contributed by atoms with Crippen LogP contribution in [-0.4, -0.2) is 14.6 Å². The summed E-state index contributed by atoms with van der Waals surface area (Å²) in [5, 5.41) is 4.98. The third-order valence-electron chi connectivity index (χ3n) is 3.87.